The van der Waals surface area contributed by atoms with Crippen molar-refractivity contribution < 1.29 is 14.7 Å². The Labute approximate surface area is 125 Å². The van der Waals surface area contributed by atoms with Crippen molar-refractivity contribution in [3.05, 3.63) is 27.8 Å². The van der Waals surface area contributed by atoms with E-state index in [2.05, 4.69) is 27.9 Å². The average molecular weight is 374 g/mol. The molecule has 1 saturated heterocycles. The Balaban J connectivity index is 2.03. The van der Waals surface area contributed by atoms with E-state index in [0.29, 0.717) is 6.54 Å². The molecule has 0 spiro atoms. The van der Waals surface area contributed by atoms with Gasteiger partial charge in [0.1, 0.15) is 0 Å². The van der Waals surface area contributed by atoms with Gasteiger partial charge in [-0.25, -0.2) is 4.79 Å². The Bertz CT molecular complexity index is 493. The summed E-state index contributed by atoms with van der Waals surface area (Å²) in [4.78, 5) is 24.6. The fraction of sp³-hybridized carbons (Fsp3) is 0.385. The quantitative estimate of drug-likeness (QED) is 0.800. The van der Waals surface area contributed by atoms with Crippen LogP contribution < -0.4 is 5.32 Å². The van der Waals surface area contributed by atoms with E-state index in [1.807, 2.05) is 24.3 Å². The standard InChI is InChI=1S/C13H15IN2O3/c14-10-5-1-2-6-11(10)15-13(19)16-7-3-4-9(16)8-12(17)18/h1-2,5-6,9H,3-4,7-8H2,(H,15,19)(H,17,18). The number of anilines is 1. The molecule has 2 rings (SSSR count). The van der Waals surface area contributed by atoms with Crippen molar-refractivity contribution in [2.45, 2.75) is 25.3 Å². The first-order chi connectivity index (χ1) is 9.08. The summed E-state index contributed by atoms with van der Waals surface area (Å²) in [5, 5.41) is 11.7. The maximum absolute atomic E-state index is 12.2. The lowest BCUT2D eigenvalue weighted by molar-refractivity contribution is -0.137. The van der Waals surface area contributed by atoms with E-state index in [0.717, 1.165) is 22.1 Å². The number of nitrogens with zero attached hydrogens (tertiary/aromatic N) is 1. The van der Waals surface area contributed by atoms with Gasteiger partial charge in [-0.15, -0.1) is 0 Å². The van der Waals surface area contributed by atoms with Crippen molar-refractivity contribution in [2.24, 2.45) is 0 Å². The minimum atomic E-state index is -0.862. The van der Waals surface area contributed by atoms with Crippen molar-refractivity contribution >= 4 is 40.3 Å². The van der Waals surface area contributed by atoms with Crippen molar-refractivity contribution in [2.75, 3.05) is 11.9 Å². The molecule has 1 aliphatic heterocycles. The van der Waals surface area contributed by atoms with Crippen LogP contribution in [-0.2, 0) is 4.79 Å². The number of halogens is 1. The lowest BCUT2D eigenvalue weighted by atomic mass is 10.1. The Morgan fingerprint density at radius 1 is 1.42 bits per heavy atom. The highest BCUT2D eigenvalue weighted by atomic mass is 127. The molecule has 1 unspecified atom stereocenters. The molecule has 1 fully saturated rings. The minimum absolute atomic E-state index is 0.0132. The number of carboxylic acids is 1. The van der Waals surface area contributed by atoms with Gasteiger partial charge in [0.25, 0.3) is 0 Å². The molecule has 5 nitrogen and oxygen atoms in total. The van der Waals surface area contributed by atoms with E-state index >= 15 is 0 Å². The molecule has 0 aromatic heterocycles. The van der Waals surface area contributed by atoms with Crippen LogP contribution >= 0.6 is 22.6 Å². The normalized spacial score (nSPS) is 18.4. The summed E-state index contributed by atoms with van der Waals surface area (Å²) in [5.41, 5.74) is 0.758. The number of aliphatic carboxylic acids is 1. The fourth-order valence-electron chi connectivity index (χ4n) is 2.27. The lowest BCUT2D eigenvalue weighted by Gasteiger charge is -2.24. The molecule has 1 aromatic rings. The maximum Gasteiger partial charge on any atom is 0.322 e. The highest BCUT2D eigenvalue weighted by molar-refractivity contribution is 14.1. The Morgan fingerprint density at radius 3 is 2.84 bits per heavy atom. The lowest BCUT2D eigenvalue weighted by Crippen LogP contribution is -2.39. The highest BCUT2D eigenvalue weighted by Crippen LogP contribution is 2.23. The third kappa shape index (κ3) is 3.59. The molecule has 102 valence electrons. The molecule has 0 bridgehead atoms. The van der Waals surface area contributed by atoms with Crippen LogP contribution in [0.3, 0.4) is 0 Å². The first-order valence-corrected chi connectivity index (χ1v) is 7.20. The van der Waals surface area contributed by atoms with Crippen LogP contribution in [0.1, 0.15) is 19.3 Å². The predicted molar refractivity (Wildman–Crippen MR) is 80.2 cm³/mol. The number of hydrogen-bond donors (Lipinski definition) is 2. The number of rotatable bonds is 3. The number of hydrogen-bond acceptors (Lipinski definition) is 2. The van der Waals surface area contributed by atoms with Crippen LogP contribution in [0.25, 0.3) is 0 Å². The zero-order valence-electron chi connectivity index (χ0n) is 10.3. The predicted octanol–water partition coefficient (Wildman–Crippen LogP) is 2.76. The van der Waals surface area contributed by atoms with Crippen LogP contribution in [0.4, 0.5) is 10.5 Å². The summed E-state index contributed by atoms with van der Waals surface area (Å²) in [7, 11) is 0. The second kappa shape index (κ2) is 6.23. The largest absolute Gasteiger partial charge is 0.481 e. The SMILES string of the molecule is O=C(O)CC1CCCN1C(=O)Nc1ccccc1I. The molecule has 2 amide bonds. The molecule has 0 saturated carbocycles. The number of carboxylic acid groups (broad SMARTS) is 1. The molecule has 1 atom stereocenters. The molecule has 0 aliphatic carbocycles. The van der Waals surface area contributed by atoms with Crippen molar-refractivity contribution in [1.29, 1.82) is 0 Å². The molecule has 19 heavy (non-hydrogen) atoms. The molecule has 1 aliphatic rings. The smallest absolute Gasteiger partial charge is 0.322 e. The van der Waals surface area contributed by atoms with Crippen LogP contribution in [0.2, 0.25) is 0 Å². The first-order valence-electron chi connectivity index (χ1n) is 6.12. The third-order valence-corrected chi connectivity index (χ3v) is 4.10. The third-order valence-electron chi connectivity index (χ3n) is 3.16. The van der Waals surface area contributed by atoms with E-state index in [-0.39, 0.29) is 18.5 Å². The van der Waals surface area contributed by atoms with Gasteiger partial charge in [0, 0.05) is 16.2 Å². The van der Waals surface area contributed by atoms with E-state index in [9.17, 15) is 9.59 Å². The van der Waals surface area contributed by atoms with Gasteiger partial charge in [-0.2, -0.15) is 0 Å². The van der Waals surface area contributed by atoms with Gasteiger partial charge in [-0.1, -0.05) is 12.1 Å². The van der Waals surface area contributed by atoms with E-state index in [4.69, 9.17) is 5.11 Å². The number of urea groups is 1. The summed E-state index contributed by atoms with van der Waals surface area (Å²) in [6.45, 7) is 0.618. The Morgan fingerprint density at radius 2 is 2.16 bits per heavy atom. The fourth-order valence-corrected chi connectivity index (χ4v) is 2.79. The molecule has 2 N–H and O–H groups in total. The Kier molecular flexibility index (Phi) is 4.62. The van der Waals surface area contributed by atoms with E-state index in [1.165, 1.54) is 0 Å². The zero-order chi connectivity index (χ0) is 13.8. The second-order valence-electron chi connectivity index (χ2n) is 4.50. The van der Waals surface area contributed by atoms with Gasteiger partial charge in [-0.3, -0.25) is 4.79 Å². The second-order valence-corrected chi connectivity index (χ2v) is 5.66. The average Bonchev–Trinajstić information content (AvgIpc) is 2.79. The number of nitrogens with one attached hydrogen (secondary N) is 1. The van der Waals surface area contributed by atoms with Crippen LogP contribution in [0.5, 0.6) is 0 Å². The van der Waals surface area contributed by atoms with Gasteiger partial charge in [0.05, 0.1) is 12.1 Å². The topological polar surface area (TPSA) is 69.6 Å². The molecule has 0 radical (unpaired) electrons. The van der Waals surface area contributed by atoms with Gasteiger partial charge >= 0.3 is 12.0 Å². The molecule has 1 aromatic carbocycles. The summed E-state index contributed by atoms with van der Waals surface area (Å²) < 4.78 is 0.961. The summed E-state index contributed by atoms with van der Waals surface area (Å²) in [6, 6.07) is 7.10. The van der Waals surface area contributed by atoms with Crippen molar-refractivity contribution in [1.82, 2.24) is 4.90 Å². The van der Waals surface area contributed by atoms with Crippen LogP contribution in [0.15, 0.2) is 24.3 Å². The van der Waals surface area contributed by atoms with Crippen molar-refractivity contribution in [3.8, 4) is 0 Å². The van der Waals surface area contributed by atoms with Gasteiger partial charge in [0.15, 0.2) is 0 Å². The number of para-hydroxylation sites is 1. The first kappa shape index (κ1) is 14.1. The number of amides is 2. The maximum atomic E-state index is 12.2. The summed E-state index contributed by atoms with van der Waals surface area (Å²) in [5.74, 6) is -0.862. The number of likely N-dealkylation sites (tertiary alicyclic amines) is 1. The number of benzene rings is 1. The van der Waals surface area contributed by atoms with E-state index < -0.39 is 5.97 Å². The van der Waals surface area contributed by atoms with Gasteiger partial charge < -0.3 is 15.3 Å². The molecule has 1 heterocycles. The van der Waals surface area contributed by atoms with Crippen LogP contribution in [0, 0.1) is 3.57 Å². The van der Waals surface area contributed by atoms with Crippen molar-refractivity contribution in [3.63, 3.8) is 0 Å². The number of carbonyl (C=O) groups is 2. The summed E-state index contributed by atoms with van der Waals surface area (Å²) >= 11 is 2.15. The van der Waals surface area contributed by atoms with Crippen LogP contribution in [-0.4, -0.2) is 34.6 Å². The monoisotopic (exact) mass is 374 g/mol. The Hall–Kier alpha value is -1.31. The van der Waals surface area contributed by atoms with Gasteiger partial charge in [-0.05, 0) is 47.6 Å². The minimum Gasteiger partial charge on any atom is -0.481 e. The molecular weight excluding hydrogens is 359 g/mol. The van der Waals surface area contributed by atoms with Gasteiger partial charge in [0.2, 0.25) is 0 Å². The number of carbonyl (C=O) groups excluding carboxylic acids is 1. The zero-order valence-corrected chi connectivity index (χ0v) is 12.5. The van der Waals surface area contributed by atoms with E-state index in [1.54, 1.807) is 4.90 Å². The summed E-state index contributed by atoms with van der Waals surface area (Å²) in [6.07, 6.45) is 1.63. The molecule has 6 heteroatoms. The highest BCUT2D eigenvalue weighted by Gasteiger charge is 2.30. The molecular formula is C13H15IN2O3.